The van der Waals surface area contributed by atoms with Crippen molar-refractivity contribution < 1.29 is 14.3 Å². The number of pyridine rings is 1. The zero-order valence-electron chi connectivity index (χ0n) is 14.1. The van der Waals surface area contributed by atoms with Crippen molar-refractivity contribution >= 4 is 11.8 Å². The van der Waals surface area contributed by atoms with Crippen molar-refractivity contribution in [2.45, 2.75) is 38.1 Å². The van der Waals surface area contributed by atoms with Crippen molar-refractivity contribution in [1.29, 1.82) is 0 Å². The zero-order chi connectivity index (χ0) is 16.9. The molecule has 0 spiro atoms. The van der Waals surface area contributed by atoms with Crippen LogP contribution in [-0.2, 0) is 20.7 Å². The number of aryl methyl sites for hydroxylation is 1. The van der Waals surface area contributed by atoms with Gasteiger partial charge in [0.2, 0.25) is 11.8 Å². The molecule has 6 nitrogen and oxygen atoms in total. The fraction of sp³-hybridized carbons (Fsp3) is 0.588. The number of likely N-dealkylation sites (tertiary alicyclic amines) is 1. The lowest BCUT2D eigenvalue weighted by molar-refractivity contribution is -0.139. The smallest absolute Gasteiger partial charge is 0.227 e. The first kappa shape index (κ1) is 17.4. The Labute approximate surface area is 137 Å². The largest absolute Gasteiger partial charge is 0.382 e. The molecule has 23 heavy (non-hydrogen) atoms. The van der Waals surface area contributed by atoms with Gasteiger partial charge in [0.1, 0.15) is 0 Å². The maximum Gasteiger partial charge on any atom is 0.227 e. The van der Waals surface area contributed by atoms with Crippen molar-refractivity contribution in [3.63, 3.8) is 0 Å². The fourth-order valence-electron chi connectivity index (χ4n) is 3.35. The van der Waals surface area contributed by atoms with Crippen molar-refractivity contribution in [1.82, 2.24) is 15.2 Å². The zero-order valence-corrected chi connectivity index (χ0v) is 14.1. The molecule has 0 aliphatic carbocycles. The topological polar surface area (TPSA) is 71.5 Å². The van der Waals surface area contributed by atoms with Crippen LogP contribution in [0.1, 0.15) is 30.5 Å². The van der Waals surface area contributed by atoms with E-state index in [0.29, 0.717) is 19.6 Å². The molecule has 1 atom stereocenters. The maximum absolute atomic E-state index is 12.8. The van der Waals surface area contributed by atoms with Gasteiger partial charge in [-0.05, 0) is 37.5 Å². The van der Waals surface area contributed by atoms with Crippen LogP contribution in [0.25, 0.3) is 0 Å². The highest BCUT2D eigenvalue weighted by molar-refractivity contribution is 5.82. The van der Waals surface area contributed by atoms with Crippen molar-refractivity contribution in [2.24, 2.45) is 0 Å². The summed E-state index contributed by atoms with van der Waals surface area (Å²) in [6.07, 6.45) is 3.99. The first-order valence-corrected chi connectivity index (χ1v) is 7.92. The summed E-state index contributed by atoms with van der Waals surface area (Å²) in [6.45, 7) is 2.95. The number of aromatic nitrogens is 1. The second kappa shape index (κ2) is 7.55. The second-order valence-electron chi connectivity index (χ2n) is 6.14. The van der Waals surface area contributed by atoms with Crippen LogP contribution in [-0.4, -0.2) is 54.5 Å². The van der Waals surface area contributed by atoms with E-state index in [0.717, 1.165) is 24.1 Å². The molecule has 0 saturated carbocycles. The summed E-state index contributed by atoms with van der Waals surface area (Å²) in [6, 6.07) is 3.78. The van der Waals surface area contributed by atoms with E-state index >= 15 is 0 Å². The van der Waals surface area contributed by atoms with E-state index in [9.17, 15) is 9.59 Å². The molecular formula is C17H25N3O3. The van der Waals surface area contributed by atoms with Gasteiger partial charge in [-0.2, -0.15) is 0 Å². The number of amides is 2. The van der Waals surface area contributed by atoms with Crippen LogP contribution in [0.3, 0.4) is 0 Å². The van der Waals surface area contributed by atoms with Crippen molar-refractivity contribution in [3.8, 4) is 0 Å². The minimum atomic E-state index is -0.534. The number of hydrogen-bond donors (Lipinski definition) is 1. The Bertz CT molecular complexity index is 576. The van der Waals surface area contributed by atoms with Crippen LogP contribution in [0, 0.1) is 6.92 Å². The van der Waals surface area contributed by atoms with E-state index in [4.69, 9.17) is 4.74 Å². The summed E-state index contributed by atoms with van der Waals surface area (Å²) in [5.74, 6) is -0.0319. The van der Waals surface area contributed by atoms with E-state index in [1.165, 1.54) is 0 Å². The average molecular weight is 319 g/mol. The fourth-order valence-corrected chi connectivity index (χ4v) is 3.35. The Morgan fingerprint density at radius 1 is 1.48 bits per heavy atom. The molecule has 6 heteroatoms. The quantitative estimate of drug-likeness (QED) is 0.851. The number of nitrogens with one attached hydrogen (secondary N) is 1. The summed E-state index contributed by atoms with van der Waals surface area (Å²) in [5.41, 5.74) is 1.31. The number of ether oxygens (including phenoxy) is 1. The molecule has 0 unspecified atom stereocenters. The van der Waals surface area contributed by atoms with Crippen LogP contribution < -0.4 is 5.32 Å². The van der Waals surface area contributed by atoms with E-state index in [2.05, 4.69) is 10.3 Å². The van der Waals surface area contributed by atoms with Gasteiger partial charge in [-0.15, -0.1) is 0 Å². The Morgan fingerprint density at radius 3 is 2.91 bits per heavy atom. The van der Waals surface area contributed by atoms with Crippen LogP contribution in [0.15, 0.2) is 18.3 Å². The van der Waals surface area contributed by atoms with Gasteiger partial charge in [-0.1, -0.05) is 0 Å². The highest BCUT2D eigenvalue weighted by atomic mass is 16.5. The summed E-state index contributed by atoms with van der Waals surface area (Å²) in [4.78, 5) is 30.7. The molecular weight excluding hydrogens is 294 g/mol. The molecule has 1 N–H and O–H groups in total. The molecule has 126 valence electrons. The molecule has 1 aliphatic rings. The predicted molar refractivity (Wildman–Crippen MR) is 86.9 cm³/mol. The Morgan fingerprint density at radius 2 is 2.26 bits per heavy atom. The number of rotatable bonds is 6. The maximum atomic E-state index is 12.8. The first-order chi connectivity index (χ1) is 11.0. The number of nitrogens with zero attached hydrogens (tertiary/aromatic N) is 2. The molecule has 1 aromatic rings. The lowest BCUT2D eigenvalue weighted by atomic mass is 9.91. The Kier molecular flexibility index (Phi) is 5.71. The Hall–Kier alpha value is -1.95. The van der Waals surface area contributed by atoms with Gasteiger partial charge in [0, 0.05) is 32.6 Å². The van der Waals surface area contributed by atoms with E-state index in [1.807, 2.05) is 24.0 Å². The minimum Gasteiger partial charge on any atom is -0.382 e. The van der Waals surface area contributed by atoms with Gasteiger partial charge in [0.25, 0.3) is 0 Å². The lowest BCUT2D eigenvalue weighted by Gasteiger charge is -2.37. The van der Waals surface area contributed by atoms with Crippen LogP contribution >= 0.6 is 0 Å². The molecule has 2 amide bonds. The van der Waals surface area contributed by atoms with Crippen LogP contribution in [0.4, 0.5) is 0 Å². The second-order valence-corrected chi connectivity index (χ2v) is 6.14. The molecule has 0 bridgehead atoms. The highest BCUT2D eigenvalue weighted by Crippen LogP contribution is 2.33. The summed E-state index contributed by atoms with van der Waals surface area (Å²) in [7, 11) is 3.22. The monoisotopic (exact) mass is 319 g/mol. The minimum absolute atomic E-state index is 0.0362. The third-order valence-electron chi connectivity index (χ3n) is 4.40. The highest BCUT2D eigenvalue weighted by Gasteiger charge is 2.44. The lowest BCUT2D eigenvalue weighted by Crippen LogP contribution is -2.53. The van der Waals surface area contributed by atoms with E-state index in [1.54, 1.807) is 20.4 Å². The van der Waals surface area contributed by atoms with E-state index < -0.39 is 5.54 Å². The molecule has 2 heterocycles. The van der Waals surface area contributed by atoms with Gasteiger partial charge in [0.05, 0.1) is 25.0 Å². The number of hydrogen-bond acceptors (Lipinski definition) is 4. The number of carbonyl (C=O) groups excluding carboxylic acids is 2. The summed E-state index contributed by atoms with van der Waals surface area (Å²) < 4.78 is 5.34. The van der Waals surface area contributed by atoms with Gasteiger partial charge >= 0.3 is 0 Å². The number of carbonyl (C=O) groups is 2. The molecule has 0 radical (unpaired) electrons. The van der Waals surface area contributed by atoms with Crippen LogP contribution in [0.5, 0.6) is 0 Å². The van der Waals surface area contributed by atoms with Crippen molar-refractivity contribution in [2.75, 3.05) is 27.3 Å². The normalized spacial score (nSPS) is 20.6. The molecule has 1 fully saturated rings. The third-order valence-corrected chi connectivity index (χ3v) is 4.40. The standard InChI is InChI=1S/C17H25N3O3/c1-13-9-14(5-7-19-13)10-16(22)20-8-4-6-17(20,12-23-3)11-15(21)18-2/h5,7,9H,4,6,8,10-12H2,1-3H3,(H,18,21)/t17-/m0/s1. The van der Waals surface area contributed by atoms with Crippen molar-refractivity contribution in [3.05, 3.63) is 29.6 Å². The third kappa shape index (κ3) is 4.07. The predicted octanol–water partition coefficient (Wildman–Crippen LogP) is 1.08. The van der Waals surface area contributed by atoms with E-state index in [-0.39, 0.29) is 18.2 Å². The summed E-state index contributed by atoms with van der Waals surface area (Å²) >= 11 is 0. The Balaban J connectivity index is 2.17. The number of methoxy groups -OCH3 is 1. The van der Waals surface area contributed by atoms with Gasteiger partial charge in [-0.25, -0.2) is 0 Å². The van der Waals surface area contributed by atoms with Gasteiger partial charge in [0.15, 0.2) is 0 Å². The van der Waals surface area contributed by atoms with Crippen LogP contribution in [0.2, 0.25) is 0 Å². The van der Waals surface area contributed by atoms with Gasteiger partial charge < -0.3 is 15.0 Å². The summed E-state index contributed by atoms with van der Waals surface area (Å²) in [5, 5.41) is 2.65. The average Bonchev–Trinajstić information content (AvgIpc) is 2.91. The SMILES string of the molecule is CNC(=O)C[C@]1(COC)CCCN1C(=O)Cc1ccnc(C)c1. The molecule has 1 saturated heterocycles. The molecule has 1 aromatic heterocycles. The first-order valence-electron chi connectivity index (χ1n) is 7.92. The van der Waals surface area contributed by atoms with Gasteiger partial charge in [-0.3, -0.25) is 14.6 Å². The molecule has 1 aliphatic heterocycles. The molecule has 0 aromatic carbocycles. The molecule has 2 rings (SSSR count).